The van der Waals surface area contributed by atoms with E-state index in [0.717, 1.165) is 18.4 Å². The molecule has 0 heterocycles. The molecular weight excluding hydrogens is 252 g/mol. The molecule has 0 aliphatic carbocycles. The van der Waals surface area contributed by atoms with Crippen molar-refractivity contribution in [2.45, 2.75) is 45.7 Å². The molecule has 18 heavy (non-hydrogen) atoms. The molecule has 0 unspecified atom stereocenters. The lowest BCUT2D eigenvalue weighted by atomic mass is 9.98. The van der Waals surface area contributed by atoms with Gasteiger partial charge in [-0.05, 0) is 31.9 Å². The highest BCUT2D eigenvalue weighted by Crippen LogP contribution is 2.25. The number of nitro benzene ring substituents is 1. The molecule has 0 saturated heterocycles. The van der Waals surface area contributed by atoms with E-state index >= 15 is 0 Å². The van der Waals surface area contributed by atoms with Gasteiger partial charge in [-0.25, -0.2) is 0 Å². The lowest BCUT2D eigenvalue weighted by Crippen LogP contribution is -2.38. The Morgan fingerprint density at radius 2 is 2.11 bits per heavy atom. The van der Waals surface area contributed by atoms with Crippen molar-refractivity contribution in [1.29, 1.82) is 0 Å². The van der Waals surface area contributed by atoms with Gasteiger partial charge >= 0.3 is 0 Å². The van der Waals surface area contributed by atoms with Gasteiger partial charge in [0.1, 0.15) is 5.02 Å². The van der Waals surface area contributed by atoms with Crippen LogP contribution in [0.5, 0.6) is 0 Å². The smallest absolute Gasteiger partial charge is 0.288 e. The predicted molar refractivity (Wildman–Crippen MR) is 73.9 cm³/mol. The van der Waals surface area contributed by atoms with E-state index in [4.69, 9.17) is 11.6 Å². The number of hydrogen-bond acceptors (Lipinski definition) is 3. The van der Waals surface area contributed by atoms with Gasteiger partial charge in [-0.3, -0.25) is 10.1 Å². The molecule has 0 bridgehead atoms. The van der Waals surface area contributed by atoms with Crippen LogP contribution in [0.4, 0.5) is 5.69 Å². The summed E-state index contributed by atoms with van der Waals surface area (Å²) in [6.07, 6.45) is 2.16. The number of nitrogens with zero attached hydrogens (tertiary/aromatic N) is 1. The molecule has 0 aliphatic rings. The minimum atomic E-state index is -0.455. The number of nitro groups is 1. The first-order valence-electron chi connectivity index (χ1n) is 6.03. The summed E-state index contributed by atoms with van der Waals surface area (Å²) in [5.74, 6) is 0. The van der Waals surface area contributed by atoms with E-state index in [1.807, 2.05) is 6.07 Å². The minimum Gasteiger partial charge on any atom is -0.308 e. The van der Waals surface area contributed by atoms with E-state index in [-0.39, 0.29) is 16.2 Å². The van der Waals surface area contributed by atoms with Crippen molar-refractivity contribution >= 4 is 17.3 Å². The molecule has 0 fully saturated rings. The van der Waals surface area contributed by atoms with E-state index in [9.17, 15) is 10.1 Å². The van der Waals surface area contributed by atoms with E-state index in [0.29, 0.717) is 6.54 Å². The molecule has 0 spiro atoms. The van der Waals surface area contributed by atoms with Crippen LogP contribution in [0.3, 0.4) is 0 Å². The molecule has 0 saturated carbocycles. The van der Waals surface area contributed by atoms with Gasteiger partial charge in [0.2, 0.25) is 0 Å². The van der Waals surface area contributed by atoms with Crippen molar-refractivity contribution < 1.29 is 4.92 Å². The Bertz CT molecular complexity index is 433. The summed E-state index contributed by atoms with van der Waals surface area (Å²) >= 11 is 5.77. The Hall–Kier alpha value is -1.13. The third-order valence-electron chi connectivity index (χ3n) is 2.85. The highest BCUT2D eigenvalue weighted by molar-refractivity contribution is 6.32. The van der Waals surface area contributed by atoms with Crippen molar-refractivity contribution in [3.05, 3.63) is 38.9 Å². The lowest BCUT2D eigenvalue weighted by molar-refractivity contribution is -0.384. The summed E-state index contributed by atoms with van der Waals surface area (Å²) in [5, 5.41) is 14.4. The van der Waals surface area contributed by atoms with Gasteiger partial charge in [0.05, 0.1) is 4.92 Å². The monoisotopic (exact) mass is 270 g/mol. The maximum absolute atomic E-state index is 10.8. The fourth-order valence-corrected chi connectivity index (χ4v) is 2.05. The maximum atomic E-state index is 10.8. The molecule has 100 valence electrons. The molecule has 1 rings (SSSR count). The quantitative estimate of drug-likeness (QED) is 0.630. The van der Waals surface area contributed by atoms with Gasteiger partial charge in [0.15, 0.2) is 0 Å². The van der Waals surface area contributed by atoms with Crippen LogP contribution in [-0.4, -0.2) is 10.5 Å². The average molecular weight is 271 g/mol. The second-order valence-electron chi connectivity index (χ2n) is 5.03. The van der Waals surface area contributed by atoms with Crippen LogP contribution in [0.15, 0.2) is 18.2 Å². The third kappa shape index (κ3) is 4.27. The van der Waals surface area contributed by atoms with E-state index in [1.165, 1.54) is 6.07 Å². The van der Waals surface area contributed by atoms with Crippen molar-refractivity contribution in [3.8, 4) is 0 Å². The molecule has 1 aromatic carbocycles. The van der Waals surface area contributed by atoms with Gasteiger partial charge in [-0.15, -0.1) is 0 Å². The van der Waals surface area contributed by atoms with Crippen LogP contribution in [0.1, 0.15) is 39.2 Å². The Morgan fingerprint density at radius 1 is 1.44 bits per heavy atom. The zero-order chi connectivity index (χ0) is 13.8. The first kappa shape index (κ1) is 14.9. The molecular formula is C13H19ClN2O2. The van der Waals surface area contributed by atoms with Crippen LogP contribution in [-0.2, 0) is 6.54 Å². The number of rotatable bonds is 6. The van der Waals surface area contributed by atoms with Gasteiger partial charge < -0.3 is 5.32 Å². The maximum Gasteiger partial charge on any atom is 0.288 e. The van der Waals surface area contributed by atoms with Crippen molar-refractivity contribution in [2.24, 2.45) is 0 Å². The Morgan fingerprint density at radius 3 is 2.67 bits per heavy atom. The van der Waals surface area contributed by atoms with Gasteiger partial charge in [-0.1, -0.05) is 31.0 Å². The Kier molecular flexibility index (Phi) is 5.11. The average Bonchev–Trinajstić information content (AvgIpc) is 2.27. The largest absolute Gasteiger partial charge is 0.308 e. The summed E-state index contributed by atoms with van der Waals surface area (Å²) in [5.41, 5.74) is 0.864. The Balaban J connectivity index is 2.74. The zero-order valence-corrected chi connectivity index (χ0v) is 11.8. The summed E-state index contributed by atoms with van der Waals surface area (Å²) in [6.45, 7) is 6.99. The van der Waals surface area contributed by atoms with Gasteiger partial charge in [0, 0.05) is 18.2 Å². The normalized spacial score (nSPS) is 11.6. The van der Waals surface area contributed by atoms with Gasteiger partial charge in [-0.2, -0.15) is 0 Å². The summed E-state index contributed by atoms with van der Waals surface area (Å²) in [4.78, 5) is 10.3. The second-order valence-corrected chi connectivity index (χ2v) is 5.44. The van der Waals surface area contributed by atoms with Crippen LogP contribution < -0.4 is 5.32 Å². The SMILES string of the molecule is CCCC(C)(C)NCc1ccc(Cl)c([N+](=O)[O-])c1. The molecule has 0 amide bonds. The van der Waals surface area contributed by atoms with Crippen molar-refractivity contribution in [2.75, 3.05) is 0 Å². The zero-order valence-electron chi connectivity index (χ0n) is 11.0. The van der Waals surface area contributed by atoms with Crippen LogP contribution in [0.2, 0.25) is 5.02 Å². The molecule has 4 nitrogen and oxygen atoms in total. The molecule has 0 aromatic heterocycles. The number of nitrogens with one attached hydrogen (secondary N) is 1. The summed E-state index contributed by atoms with van der Waals surface area (Å²) in [6, 6.07) is 4.91. The topological polar surface area (TPSA) is 55.2 Å². The standard InChI is InChI=1S/C13H19ClN2O2/c1-4-7-13(2,3)15-9-10-5-6-11(14)12(8-10)16(17)18/h5-6,8,15H,4,7,9H2,1-3H3. The predicted octanol–water partition coefficient (Wildman–Crippen LogP) is 3.92. The van der Waals surface area contributed by atoms with Crippen molar-refractivity contribution in [3.63, 3.8) is 0 Å². The molecule has 1 N–H and O–H groups in total. The number of benzene rings is 1. The summed E-state index contributed by atoms with van der Waals surface area (Å²) in [7, 11) is 0. The highest BCUT2D eigenvalue weighted by atomic mass is 35.5. The van der Waals surface area contributed by atoms with Crippen molar-refractivity contribution in [1.82, 2.24) is 5.32 Å². The molecule has 0 radical (unpaired) electrons. The second kappa shape index (κ2) is 6.16. The van der Waals surface area contributed by atoms with E-state index in [1.54, 1.807) is 6.07 Å². The van der Waals surface area contributed by atoms with Crippen LogP contribution >= 0.6 is 11.6 Å². The first-order valence-corrected chi connectivity index (χ1v) is 6.41. The molecule has 0 atom stereocenters. The number of halogens is 1. The Labute approximate surface area is 112 Å². The first-order chi connectivity index (χ1) is 8.35. The van der Waals surface area contributed by atoms with Crippen LogP contribution in [0.25, 0.3) is 0 Å². The van der Waals surface area contributed by atoms with E-state index < -0.39 is 4.92 Å². The third-order valence-corrected chi connectivity index (χ3v) is 3.17. The van der Waals surface area contributed by atoms with E-state index in [2.05, 4.69) is 26.1 Å². The molecule has 0 aliphatic heterocycles. The van der Waals surface area contributed by atoms with Crippen LogP contribution in [0, 0.1) is 10.1 Å². The summed E-state index contributed by atoms with van der Waals surface area (Å²) < 4.78 is 0. The minimum absolute atomic E-state index is 0.0309. The van der Waals surface area contributed by atoms with Gasteiger partial charge in [0.25, 0.3) is 5.69 Å². The number of hydrogen-bond donors (Lipinski definition) is 1. The fourth-order valence-electron chi connectivity index (χ4n) is 1.86. The fraction of sp³-hybridized carbons (Fsp3) is 0.538. The lowest BCUT2D eigenvalue weighted by Gasteiger charge is -2.25. The highest BCUT2D eigenvalue weighted by Gasteiger charge is 2.17. The molecule has 5 heteroatoms. The molecule has 1 aromatic rings.